The molecule has 1 aliphatic heterocycles. The fraction of sp³-hybridized carbons (Fsp3) is 0.467. The van der Waals surface area contributed by atoms with Crippen LogP contribution < -0.4 is 10.6 Å². The predicted octanol–water partition coefficient (Wildman–Crippen LogP) is 1.61. The number of carbonyl (C=O) groups excluding carboxylic acids is 1. The first-order valence-electron chi connectivity index (χ1n) is 6.69. The Balaban J connectivity index is 2.48. The summed E-state index contributed by atoms with van der Waals surface area (Å²) in [5.74, 6) is -0.958. The first-order chi connectivity index (χ1) is 9.24. The number of nitrogens with one attached hydrogen (secondary N) is 2. The third-order valence-electron chi connectivity index (χ3n) is 3.71. The highest BCUT2D eigenvalue weighted by Crippen LogP contribution is 2.29. The highest BCUT2D eigenvalue weighted by molar-refractivity contribution is 5.91. The van der Waals surface area contributed by atoms with Crippen molar-refractivity contribution in [2.75, 3.05) is 0 Å². The molecule has 0 aromatic heterocycles. The van der Waals surface area contributed by atoms with Gasteiger partial charge in [-0.3, -0.25) is 10.1 Å². The van der Waals surface area contributed by atoms with Gasteiger partial charge in [0.2, 0.25) is 5.91 Å². The molecule has 20 heavy (non-hydrogen) atoms. The van der Waals surface area contributed by atoms with Crippen molar-refractivity contribution in [2.45, 2.75) is 39.4 Å². The van der Waals surface area contributed by atoms with Gasteiger partial charge in [-0.2, -0.15) is 0 Å². The number of aromatic carboxylic acids is 1. The molecule has 0 saturated carbocycles. The van der Waals surface area contributed by atoms with Gasteiger partial charge in [-0.05, 0) is 25.8 Å². The van der Waals surface area contributed by atoms with Crippen molar-refractivity contribution < 1.29 is 14.7 Å². The average Bonchev–Trinajstić information content (AvgIpc) is 2.66. The molecule has 108 valence electrons. The molecule has 3 N–H and O–H groups in total. The molecular weight excluding hydrogens is 256 g/mol. The van der Waals surface area contributed by atoms with E-state index in [1.54, 1.807) is 25.1 Å². The minimum absolute atomic E-state index is 0.0969. The van der Waals surface area contributed by atoms with Crippen LogP contribution >= 0.6 is 0 Å². The fourth-order valence-corrected chi connectivity index (χ4v) is 2.61. The summed E-state index contributed by atoms with van der Waals surface area (Å²) in [5.41, 5.74) is 0.887. The van der Waals surface area contributed by atoms with Crippen molar-refractivity contribution in [3.8, 4) is 0 Å². The van der Waals surface area contributed by atoms with Gasteiger partial charge in [0.15, 0.2) is 0 Å². The molecule has 1 aromatic rings. The summed E-state index contributed by atoms with van der Waals surface area (Å²) in [7, 11) is 0. The first kappa shape index (κ1) is 14.5. The van der Waals surface area contributed by atoms with E-state index in [2.05, 4.69) is 10.6 Å². The van der Waals surface area contributed by atoms with E-state index in [0.717, 1.165) is 5.56 Å². The molecule has 1 heterocycles. The van der Waals surface area contributed by atoms with Gasteiger partial charge >= 0.3 is 5.97 Å². The average molecular weight is 276 g/mol. The number of carboxylic acids is 1. The zero-order valence-corrected chi connectivity index (χ0v) is 12.2. The van der Waals surface area contributed by atoms with E-state index >= 15 is 0 Å². The Bertz CT molecular complexity index is 568. The first-order valence-corrected chi connectivity index (χ1v) is 6.69. The normalized spacial score (nSPS) is 25.9. The van der Waals surface area contributed by atoms with Crippen LogP contribution in [-0.4, -0.2) is 23.0 Å². The molecule has 1 aliphatic rings. The Hall–Kier alpha value is -1.88. The minimum atomic E-state index is -0.995. The summed E-state index contributed by atoms with van der Waals surface area (Å²) >= 11 is 0. The monoisotopic (exact) mass is 276 g/mol. The Labute approximate surface area is 118 Å². The molecule has 1 fully saturated rings. The lowest BCUT2D eigenvalue weighted by atomic mass is 9.94. The molecule has 2 rings (SSSR count). The molecule has 5 heteroatoms. The number of carbonyl (C=O) groups is 2. The van der Waals surface area contributed by atoms with Crippen LogP contribution in [0, 0.1) is 12.8 Å². The summed E-state index contributed by atoms with van der Waals surface area (Å²) < 4.78 is 0. The van der Waals surface area contributed by atoms with Crippen molar-refractivity contribution >= 4 is 11.9 Å². The Morgan fingerprint density at radius 3 is 2.55 bits per heavy atom. The van der Waals surface area contributed by atoms with Crippen molar-refractivity contribution in [2.24, 2.45) is 5.92 Å². The van der Waals surface area contributed by atoms with E-state index in [4.69, 9.17) is 0 Å². The van der Waals surface area contributed by atoms with E-state index in [1.165, 1.54) is 0 Å². The van der Waals surface area contributed by atoms with Crippen LogP contribution in [0.3, 0.4) is 0 Å². The SMILES string of the molecule is Cc1ccc(C(=O)O)c(C2(C)NC(=O)C(C(C)C)N2)c1. The Morgan fingerprint density at radius 2 is 2.05 bits per heavy atom. The van der Waals surface area contributed by atoms with E-state index in [-0.39, 0.29) is 23.4 Å². The van der Waals surface area contributed by atoms with Gasteiger partial charge in [0.1, 0.15) is 5.66 Å². The van der Waals surface area contributed by atoms with Crippen LogP contribution in [-0.2, 0) is 10.5 Å². The lowest BCUT2D eigenvalue weighted by Gasteiger charge is -2.28. The van der Waals surface area contributed by atoms with Crippen LogP contribution in [0.4, 0.5) is 0 Å². The minimum Gasteiger partial charge on any atom is -0.478 e. The zero-order chi connectivity index (χ0) is 15.1. The quantitative estimate of drug-likeness (QED) is 0.783. The summed E-state index contributed by atoms with van der Waals surface area (Å²) in [6, 6.07) is 4.82. The maximum atomic E-state index is 12.0. The third kappa shape index (κ3) is 2.41. The molecule has 0 spiro atoms. The molecule has 1 aromatic carbocycles. The standard InChI is InChI=1S/C15H20N2O3/c1-8(2)12-13(18)17-15(4,16-12)11-7-9(3)5-6-10(11)14(19)20/h5-8,12,16H,1-4H3,(H,17,18)(H,19,20). The van der Waals surface area contributed by atoms with Crippen molar-refractivity contribution in [1.29, 1.82) is 0 Å². The topological polar surface area (TPSA) is 78.4 Å². The second-order valence-corrected chi connectivity index (χ2v) is 5.83. The van der Waals surface area contributed by atoms with Gasteiger partial charge in [0.25, 0.3) is 0 Å². The van der Waals surface area contributed by atoms with Gasteiger partial charge in [-0.15, -0.1) is 0 Å². The van der Waals surface area contributed by atoms with Gasteiger partial charge in [0, 0.05) is 5.56 Å². The lowest BCUT2D eigenvalue weighted by Crippen LogP contribution is -2.46. The second-order valence-electron chi connectivity index (χ2n) is 5.83. The van der Waals surface area contributed by atoms with Gasteiger partial charge in [0.05, 0.1) is 11.6 Å². The van der Waals surface area contributed by atoms with Gasteiger partial charge in [-0.1, -0.05) is 31.5 Å². The molecule has 5 nitrogen and oxygen atoms in total. The molecule has 1 amide bonds. The number of amides is 1. The molecule has 0 aliphatic carbocycles. The number of hydrogen-bond donors (Lipinski definition) is 3. The molecular formula is C15H20N2O3. The largest absolute Gasteiger partial charge is 0.478 e. The van der Waals surface area contributed by atoms with E-state index < -0.39 is 11.6 Å². The van der Waals surface area contributed by atoms with Crippen molar-refractivity contribution in [3.63, 3.8) is 0 Å². The maximum Gasteiger partial charge on any atom is 0.336 e. The number of rotatable bonds is 3. The highest BCUT2D eigenvalue weighted by atomic mass is 16.4. The second kappa shape index (κ2) is 4.90. The molecule has 1 saturated heterocycles. The number of benzene rings is 1. The Morgan fingerprint density at radius 1 is 1.40 bits per heavy atom. The zero-order valence-electron chi connectivity index (χ0n) is 12.2. The van der Waals surface area contributed by atoms with Gasteiger partial charge in [-0.25, -0.2) is 4.79 Å². The molecule has 2 unspecified atom stereocenters. The van der Waals surface area contributed by atoms with Crippen LogP contribution in [0.1, 0.15) is 42.3 Å². The summed E-state index contributed by atoms with van der Waals surface area (Å²) in [5, 5.41) is 15.5. The number of aryl methyl sites for hydroxylation is 1. The molecule has 0 bridgehead atoms. The summed E-state index contributed by atoms with van der Waals surface area (Å²) in [4.78, 5) is 23.4. The van der Waals surface area contributed by atoms with Crippen molar-refractivity contribution in [1.82, 2.24) is 10.6 Å². The maximum absolute atomic E-state index is 12.0. The number of hydrogen-bond acceptors (Lipinski definition) is 3. The van der Waals surface area contributed by atoms with E-state index in [1.807, 2.05) is 20.8 Å². The van der Waals surface area contributed by atoms with Crippen molar-refractivity contribution in [3.05, 3.63) is 34.9 Å². The summed E-state index contributed by atoms with van der Waals surface area (Å²) in [6.45, 7) is 7.61. The van der Waals surface area contributed by atoms with E-state index in [9.17, 15) is 14.7 Å². The lowest BCUT2D eigenvalue weighted by molar-refractivity contribution is -0.121. The smallest absolute Gasteiger partial charge is 0.336 e. The van der Waals surface area contributed by atoms with Crippen LogP contribution in [0.25, 0.3) is 0 Å². The molecule has 0 radical (unpaired) electrons. The van der Waals surface area contributed by atoms with Gasteiger partial charge < -0.3 is 10.4 Å². The predicted molar refractivity (Wildman–Crippen MR) is 75.4 cm³/mol. The third-order valence-corrected chi connectivity index (χ3v) is 3.71. The van der Waals surface area contributed by atoms with Crippen LogP contribution in [0.2, 0.25) is 0 Å². The number of carboxylic acid groups (broad SMARTS) is 1. The fourth-order valence-electron chi connectivity index (χ4n) is 2.61. The summed E-state index contributed by atoms with van der Waals surface area (Å²) in [6.07, 6.45) is 0. The highest BCUT2D eigenvalue weighted by Gasteiger charge is 2.44. The molecule has 2 atom stereocenters. The van der Waals surface area contributed by atoms with Crippen LogP contribution in [0.5, 0.6) is 0 Å². The van der Waals surface area contributed by atoms with Crippen LogP contribution in [0.15, 0.2) is 18.2 Å². The van der Waals surface area contributed by atoms with E-state index in [0.29, 0.717) is 5.56 Å². The Kier molecular flexibility index (Phi) is 3.56.